The minimum absolute atomic E-state index is 0.0577. The van der Waals surface area contributed by atoms with Gasteiger partial charge in [0.05, 0.1) is 13.2 Å². The zero-order valence-electron chi connectivity index (χ0n) is 11.3. The SMILES string of the molecule is COCCN(CCOC)c1cc(Br)ccc1C(=N)N. The quantitative estimate of drug-likeness (QED) is 0.563. The molecule has 1 rings (SSSR count). The van der Waals surface area contributed by atoms with E-state index in [1.54, 1.807) is 14.2 Å². The zero-order valence-corrected chi connectivity index (χ0v) is 12.9. The lowest BCUT2D eigenvalue weighted by molar-refractivity contribution is 0.190. The van der Waals surface area contributed by atoms with Gasteiger partial charge in [-0.25, -0.2) is 0 Å². The molecule has 0 atom stereocenters. The molecule has 0 fully saturated rings. The number of nitrogens with one attached hydrogen (secondary N) is 1. The highest BCUT2D eigenvalue weighted by molar-refractivity contribution is 9.10. The van der Waals surface area contributed by atoms with Crippen LogP contribution in [-0.2, 0) is 9.47 Å². The van der Waals surface area contributed by atoms with Gasteiger partial charge >= 0.3 is 0 Å². The highest BCUT2D eigenvalue weighted by Crippen LogP contribution is 2.25. The molecule has 0 heterocycles. The van der Waals surface area contributed by atoms with Gasteiger partial charge in [0.15, 0.2) is 0 Å². The van der Waals surface area contributed by atoms with Crippen molar-refractivity contribution in [2.45, 2.75) is 0 Å². The van der Waals surface area contributed by atoms with Gasteiger partial charge in [0, 0.05) is 43.0 Å². The van der Waals surface area contributed by atoms with E-state index in [0.29, 0.717) is 13.2 Å². The molecule has 0 aromatic heterocycles. The second kappa shape index (κ2) is 8.14. The molecular formula is C13H20BrN3O2. The summed E-state index contributed by atoms with van der Waals surface area (Å²) in [6, 6.07) is 5.68. The van der Waals surface area contributed by atoms with Gasteiger partial charge in [-0.05, 0) is 18.2 Å². The molecule has 1 aromatic rings. The lowest BCUT2D eigenvalue weighted by Gasteiger charge is -2.26. The summed E-state index contributed by atoms with van der Waals surface area (Å²) < 4.78 is 11.2. The molecule has 0 radical (unpaired) electrons. The molecular weight excluding hydrogens is 310 g/mol. The van der Waals surface area contributed by atoms with Crippen LogP contribution in [0, 0.1) is 5.41 Å². The molecule has 0 unspecified atom stereocenters. The molecule has 0 bridgehead atoms. The summed E-state index contributed by atoms with van der Waals surface area (Å²) in [4.78, 5) is 2.11. The van der Waals surface area contributed by atoms with Crippen LogP contribution in [0.3, 0.4) is 0 Å². The summed E-state index contributed by atoms with van der Waals surface area (Å²) >= 11 is 3.45. The van der Waals surface area contributed by atoms with E-state index in [-0.39, 0.29) is 5.84 Å². The fourth-order valence-electron chi connectivity index (χ4n) is 1.75. The van der Waals surface area contributed by atoms with E-state index < -0.39 is 0 Å². The van der Waals surface area contributed by atoms with Crippen LogP contribution < -0.4 is 10.6 Å². The topological polar surface area (TPSA) is 71.6 Å². The Labute approximate surface area is 122 Å². The second-order valence-electron chi connectivity index (χ2n) is 4.05. The third kappa shape index (κ3) is 4.81. The Morgan fingerprint density at radius 2 is 1.84 bits per heavy atom. The van der Waals surface area contributed by atoms with Crippen molar-refractivity contribution in [1.29, 1.82) is 5.41 Å². The molecule has 1 aromatic carbocycles. The first-order valence-electron chi connectivity index (χ1n) is 5.97. The number of ether oxygens (including phenoxy) is 2. The number of nitrogens with two attached hydrogens (primary N) is 1. The van der Waals surface area contributed by atoms with Crippen molar-refractivity contribution in [2.24, 2.45) is 5.73 Å². The van der Waals surface area contributed by atoms with Crippen LogP contribution in [0.2, 0.25) is 0 Å². The summed E-state index contributed by atoms with van der Waals surface area (Å²) in [6.07, 6.45) is 0. The smallest absolute Gasteiger partial charge is 0.124 e. The first-order chi connectivity index (χ1) is 9.10. The molecule has 5 nitrogen and oxygen atoms in total. The summed E-state index contributed by atoms with van der Waals surface area (Å²) in [7, 11) is 3.34. The fraction of sp³-hybridized carbons (Fsp3) is 0.462. The van der Waals surface area contributed by atoms with Gasteiger partial charge in [-0.2, -0.15) is 0 Å². The summed E-state index contributed by atoms with van der Waals surface area (Å²) in [5, 5.41) is 7.67. The predicted molar refractivity (Wildman–Crippen MR) is 81.1 cm³/mol. The monoisotopic (exact) mass is 329 g/mol. The molecule has 6 heteroatoms. The highest BCUT2D eigenvalue weighted by atomic mass is 79.9. The number of benzene rings is 1. The van der Waals surface area contributed by atoms with E-state index in [2.05, 4.69) is 20.8 Å². The average Bonchev–Trinajstić information content (AvgIpc) is 2.38. The summed E-state index contributed by atoms with van der Waals surface area (Å²) in [6.45, 7) is 2.65. The Kier molecular flexibility index (Phi) is 6.83. The third-order valence-electron chi connectivity index (χ3n) is 2.72. The molecule has 19 heavy (non-hydrogen) atoms. The Morgan fingerprint density at radius 3 is 2.32 bits per heavy atom. The molecule has 0 aliphatic heterocycles. The van der Waals surface area contributed by atoms with Crippen molar-refractivity contribution in [1.82, 2.24) is 0 Å². The Morgan fingerprint density at radius 1 is 1.26 bits per heavy atom. The van der Waals surface area contributed by atoms with E-state index >= 15 is 0 Å². The number of rotatable bonds is 8. The van der Waals surface area contributed by atoms with Crippen LogP contribution in [0.25, 0.3) is 0 Å². The van der Waals surface area contributed by atoms with E-state index in [9.17, 15) is 0 Å². The van der Waals surface area contributed by atoms with Crippen molar-refractivity contribution in [3.8, 4) is 0 Å². The van der Waals surface area contributed by atoms with E-state index in [0.717, 1.165) is 28.8 Å². The van der Waals surface area contributed by atoms with Crippen LogP contribution in [0.1, 0.15) is 5.56 Å². The molecule has 0 saturated heterocycles. The van der Waals surface area contributed by atoms with Crippen molar-refractivity contribution in [2.75, 3.05) is 45.4 Å². The second-order valence-corrected chi connectivity index (χ2v) is 4.96. The Hall–Kier alpha value is -1.11. The summed E-state index contributed by atoms with van der Waals surface area (Å²) in [5.41, 5.74) is 7.27. The minimum Gasteiger partial charge on any atom is -0.384 e. The maximum atomic E-state index is 7.67. The molecule has 0 aliphatic carbocycles. The molecule has 0 aliphatic rings. The maximum Gasteiger partial charge on any atom is 0.124 e. The van der Waals surface area contributed by atoms with Crippen LogP contribution in [0.15, 0.2) is 22.7 Å². The van der Waals surface area contributed by atoms with Crippen LogP contribution in [0.5, 0.6) is 0 Å². The number of nitrogen functional groups attached to an aromatic ring is 1. The molecule has 0 spiro atoms. The number of nitrogens with zero attached hydrogens (tertiary/aromatic N) is 1. The minimum atomic E-state index is 0.0577. The third-order valence-corrected chi connectivity index (χ3v) is 3.21. The van der Waals surface area contributed by atoms with Gasteiger partial charge in [0.2, 0.25) is 0 Å². The Bertz CT molecular complexity index is 418. The zero-order chi connectivity index (χ0) is 14.3. The van der Waals surface area contributed by atoms with Gasteiger partial charge < -0.3 is 20.1 Å². The molecule has 106 valence electrons. The number of anilines is 1. The van der Waals surface area contributed by atoms with Gasteiger partial charge in [0.25, 0.3) is 0 Å². The standard InChI is InChI=1S/C13H20BrN3O2/c1-18-7-5-17(6-8-19-2)12-9-10(14)3-4-11(12)13(15)16/h3-4,9H,5-8H2,1-2H3,(H3,15,16). The van der Waals surface area contributed by atoms with E-state index in [1.165, 1.54) is 0 Å². The first kappa shape index (κ1) is 15.9. The number of hydrogen-bond acceptors (Lipinski definition) is 4. The van der Waals surface area contributed by atoms with Crippen LogP contribution >= 0.6 is 15.9 Å². The number of hydrogen-bond donors (Lipinski definition) is 2. The lowest BCUT2D eigenvalue weighted by Crippen LogP contribution is -2.32. The van der Waals surface area contributed by atoms with Crippen molar-refractivity contribution in [3.63, 3.8) is 0 Å². The molecule has 3 N–H and O–H groups in total. The first-order valence-corrected chi connectivity index (χ1v) is 6.76. The number of halogens is 1. The van der Waals surface area contributed by atoms with E-state index in [4.69, 9.17) is 20.6 Å². The van der Waals surface area contributed by atoms with Gasteiger partial charge in [-0.3, -0.25) is 5.41 Å². The lowest BCUT2D eigenvalue weighted by atomic mass is 10.1. The normalized spacial score (nSPS) is 10.5. The van der Waals surface area contributed by atoms with Crippen molar-refractivity contribution in [3.05, 3.63) is 28.2 Å². The average molecular weight is 330 g/mol. The maximum absolute atomic E-state index is 7.67. The van der Waals surface area contributed by atoms with Gasteiger partial charge in [0.1, 0.15) is 5.84 Å². The predicted octanol–water partition coefficient (Wildman–Crippen LogP) is 1.83. The fourth-order valence-corrected chi connectivity index (χ4v) is 2.10. The molecule has 0 saturated carbocycles. The van der Waals surface area contributed by atoms with Crippen LogP contribution in [0.4, 0.5) is 5.69 Å². The van der Waals surface area contributed by atoms with Crippen LogP contribution in [-0.4, -0.2) is 46.4 Å². The largest absolute Gasteiger partial charge is 0.384 e. The Balaban J connectivity index is 3.03. The number of methoxy groups -OCH3 is 2. The molecule has 0 amide bonds. The van der Waals surface area contributed by atoms with Gasteiger partial charge in [-0.1, -0.05) is 15.9 Å². The van der Waals surface area contributed by atoms with Gasteiger partial charge in [-0.15, -0.1) is 0 Å². The highest BCUT2D eigenvalue weighted by Gasteiger charge is 2.13. The number of amidine groups is 1. The van der Waals surface area contributed by atoms with Crippen molar-refractivity contribution >= 4 is 27.5 Å². The summed E-state index contributed by atoms with van der Waals surface area (Å²) in [5.74, 6) is 0.0577. The van der Waals surface area contributed by atoms with E-state index in [1.807, 2.05) is 18.2 Å². The van der Waals surface area contributed by atoms with Crippen molar-refractivity contribution < 1.29 is 9.47 Å².